The van der Waals surface area contributed by atoms with Gasteiger partial charge in [0.05, 0.1) is 6.04 Å². The van der Waals surface area contributed by atoms with E-state index in [1.54, 1.807) is 13.1 Å². The molecule has 1 aromatic heterocycles. The summed E-state index contributed by atoms with van der Waals surface area (Å²) in [7, 11) is -3.47. The zero-order valence-electron chi connectivity index (χ0n) is 10.8. The van der Waals surface area contributed by atoms with E-state index < -0.39 is 10.2 Å². The zero-order valence-corrected chi connectivity index (χ0v) is 12.5. The van der Waals surface area contributed by atoms with E-state index in [-0.39, 0.29) is 18.6 Å². The molecule has 2 N–H and O–H groups in total. The van der Waals surface area contributed by atoms with Gasteiger partial charge in [0.25, 0.3) is 10.2 Å². The minimum absolute atomic E-state index is 0.136. The lowest BCUT2D eigenvalue weighted by atomic mass is 10.00. The van der Waals surface area contributed by atoms with Crippen molar-refractivity contribution in [3.8, 4) is 0 Å². The number of aromatic nitrogens is 1. The Balaban J connectivity index is 1.95. The first-order chi connectivity index (χ1) is 9.03. The average Bonchev–Trinajstić information content (AvgIpc) is 2.92. The highest BCUT2D eigenvalue weighted by atomic mass is 32.2. The summed E-state index contributed by atoms with van der Waals surface area (Å²) in [6.45, 7) is 2.85. The number of piperidine rings is 1. The molecule has 0 spiro atoms. The van der Waals surface area contributed by atoms with Gasteiger partial charge in [0.15, 0.2) is 0 Å². The average molecular weight is 305 g/mol. The molecule has 1 aliphatic heterocycles. The molecule has 0 aliphatic carbocycles. The van der Waals surface area contributed by atoms with E-state index in [0.717, 1.165) is 5.01 Å². The zero-order chi connectivity index (χ0) is 13.9. The van der Waals surface area contributed by atoms with Gasteiger partial charge < -0.3 is 5.11 Å². The Bertz CT molecular complexity index is 481. The second kappa shape index (κ2) is 6.27. The SMILES string of the molecule is CC(NS(=O)(=O)N1CCC(CO)CC1)c1nccs1. The molecule has 0 amide bonds. The Labute approximate surface area is 117 Å². The first kappa shape index (κ1) is 14.9. The minimum atomic E-state index is -3.47. The van der Waals surface area contributed by atoms with E-state index in [2.05, 4.69) is 9.71 Å². The molecule has 0 saturated carbocycles. The lowest BCUT2D eigenvalue weighted by Gasteiger charge is -2.31. The molecule has 6 nitrogen and oxygen atoms in total. The quantitative estimate of drug-likeness (QED) is 0.840. The van der Waals surface area contributed by atoms with Gasteiger partial charge >= 0.3 is 0 Å². The molecular weight excluding hydrogens is 286 g/mol. The van der Waals surface area contributed by atoms with Gasteiger partial charge in [-0.25, -0.2) is 4.98 Å². The third-order valence-electron chi connectivity index (χ3n) is 3.32. The number of hydrogen-bond donors (Lipinski definition) is 2. The monoisotopic (exact) mass is 305 g/mol. The number of aliphatic hydroxyl groups is 1. The van der Waals surface area contributed by atoms with Crippen LogP contribution in [0.15, 0.2) is 11.6 Å². The first-order valence-electron chi connectivity index (χ1n) is 6.30. The van der Waals surface area contributed by atoms with Gasteiger partial charge in [0.1, 0.15) is 5.01 Å². The Morgan fingerprint density at radius 2 is 2.26 bits per heavy atom. The number of nitrogens with zero attached hydrogens (tertiary/aromatic N) is 2. The van der Waals surface area contributed by atoms with E-state index >= 15 is 0 Å². The second-order valence-corrected chi connectivity index (χ2v) is 7.37. The maximum absolute atomic E-state index is 12.2. The van der Waals surface area contributed by atoms with Gasteiger partial charge in [-0.05, 0) is 25.7 Å². The topological polar surface area (TPSA) is 82.5 Å². The molecule has 1 fully saturated rings. The number of hydrogen-bond acceptors (Lipinski definition) is 5. The molecule has 0 aromatic carbocycles. The smallest absolute Gasteiger partial charge is 0.280 e. The van der Waals surface area contributed by atoms with E-state index in [0.29, 0.717) is 25.9 Å². The van der Waals surface area contributed by atoms with Crippen molar-refractivity contribution in [3.63, 3.8) is 0 Å². The summed E-state index contributed by atoms with van der Waals surface area (Å²) in [5.41, 5.74) is 0. The molecular formula is C11H19N3O3S2. The standard InChI is InChI=1S/C11H19N3O3S2/c1-9(11-12-4-7-18-11)13-19(16,17)14-5-2-10(8-15)3-6-14/h4,7,9-10,13,15H,2-3,5-6,8H2,1H3. The molecule has 1 aliphatic rings. The van der Waals surface area contributed by atoms with Crippen LogP contribution in [-0.4, -0.2) is 42.5 Å². The minimum Gasteiger partial charge on any atom is -0.396 e. The van der Waals surface area contributed by atoms with Gasteiger partial charge in [0.2, 0.25) is 0 Å². The number of aliphatic hydroxyl groups excluding tert-OH is 1. The Kier molecular flexibility index (Phi) is 4.91. The fraction of sp³-hybridized carbons (Fsp3) is 0.727. The van der Waals surface area contributed by atoms with Crippen LogP contribution in [0.3, 0.4) is 0 Å². The molecule has 1 atom stereocenters. The van der Waals surface area contributed by atoms with Crippen molar-refractivity contribution < 1.29 is 13.5 Å². The third kappa shape index (κ3) is 3.73. The molecule has 8 heteroatoms. The van der Waals surface area contributed by atoms with E-state index in [9.17, 15) is 8.42 Å². The van der Waals surface area contributed by atoms with Crippen LogP contribution in [0.2, 0.25) is 0 Å². The summed E-state index contributed by atoms with van der Waals surface area (Å²) in [6, 6.07) is -0.319. The maximum Gasteiger partial charge on any atom is 0.280 e. The van der Waals surface area contributed by atoms with Crippen LogP contribution in [0.25, 0.3) is 0 Å². The predicted octanol–water partition coefficient (Wildman–Crippen LogP) is 0.743. The van der Waals surface area contributed by atoms with Crippen LogP contribution in [0.1, 0.15) is 30.8 Å². The van der Waals surface area contributed by atoms with Crippen LogP contribution >= 0.6 is 11.3 Å². The third-order valence-corrected chi connectivity index (χ3v) is 5.97. The van der Waals surface area contributed by atoms with Crippen molar-refractivity contribution in [2.24, 2.45) is 5.92 Å². The van der Waals surface area contributed by atoms with Gasteiger partial charge in [-0.1, -0.05) is 0 Å². The summed E-state index contributed by atoms with van der Waals surface area (Å²) in [6.07, 6.45) is 3.09. The van der Waals surface area contributed by atoms with Crippen LogP contribution in [0.4, 0.5) is 0 Å². The van der Waals surface area contributed by atoms with Gasteiger partial charge in [0, 0.05) is 31.3 Å². The summed E-state index contributed by atoms with van der Waals surface area (Å²) >= 11 is 1.43. The molecule has 0 radical (unpaired) electrons. The van der Waals surface area contributed by atoms with Crippen molar-refractivity contribution in [2.75, 3.05) is 19.7 Å². The van der Waals surface area contributed by atoms with Crippen LogP contribution in [0, 0.1) is 5.92 Å². The van der Waals surface area contributed by atoms with Crippen molar-refractivity contribution in [3.05, 3.63) is 16.6 Å². The summed E-state index contributed by atoms with van der Waals surface area (Å²) in [4.78, 5) is 4.11. The molecule has 2 rings (SSSR count). The normalized spacial score (nSPS) is 20.5. The number of nitrogens with one attached hydrogen (secondary N) is 1. The fourth-order valence-electron chi connectivity index (χ4n) is 2.13. The van der Waals surface area contributed by atoms with Crippen LogP contribution < -0.4 is 4.72 Å². The molecule has 108 valence electrons. The summed E-state index contributed by atoms with van der Waals surface area (Å²) in [5, 5.41) is 11.6. The van der Waals surface area contributed by atoms with E-state index in [1.807, 2.05) is 5.38 Å². The van der Waals surface area contributed by atoms with Crippen molar-refractivity contribution in [1.82, 2.24) is 14.0 Å². The predicted molar refractivity (Wildman–Crippen MR) is 74.0 cm³/mol. The highest BCUT2D eigenvalue weighted by molar-refractivity contribution is 7.87. The van der Waals surface area contributed by atoms with Crippen molar-refractivity contribution >= 4 is 21.5 Å². The second-order valence-electron chi connectivity index (χ2n) is 4.74. The molecule has 2 heterocycles. The molecule has 19 heavy (non-hydrogen) atoms. The van der Waals surface area contributed by atoms with Gasteiger partial charge in [-0.15, -0.1) is 11.3 Å². The van der Waals surface area contributed by atoms with Crippen LogP contribution in [-0.2, 0) is 10.2 Å². The lowest BCUT2D eigenvalue weighted by Crippen LogP contribution is -2.46. The van der Waals surface area contributed by atoms with E-state index in [4.69, 9.17) is 5.11 Å². The molecule has 1 saturated heterocycles. The maximum atomic E-state index is 12.2. The number of rotatable bonds is 5. The Morgan fingerprint density at radius 1 is 1.58 bits per heavy atom. The first-order valence-corrected chi connectivity index (χ1v) is 8.62. The van der Waals surface area contributed by atoms with E-state index in [1.165, 1.54) is 15.6 Å². The molecule has 0 bridgehead atoms. The number of thiazole rings is 1. The Morgan fingerprint density at radius 3 is 2.79 bits per heavy atom. The highest BCUT2D eigenvalue weighted by Crippen LogP contribution is 2.21. The highest BCUT2D eigenvalue weighted by Gasteiger charge is 2.29. The summed E-state index contributed by atoms with van der Waals surface area (Å²) < 4.78 is 28.5. The molecule has 1 aromatic rings. The van der Waals surface area contributed by atoms with Crippen molar-refractivity contribution in [1.29, 1.82) is 0 Å². The Hall–Kier alpha value is -0.540. The van der Waals surface area contributed by atoms with Gasteiger partial charge in [-0.2, -0.15) is 17.4 Å². The van der Waals surface area contributed by atoms with Gasteiger partial charge in [-0.3, -0.25) is 0 Å². The van der Waals surface area contributed by atoms with Crippen molar-refractivity contribution in [2.45, 2.75) is 25.8 Å². The van der Waals surface area contributed by atoms with Crippen LogP contribution in [0.5, 0.6) is 0 Å². The largest absolute Gasteiger partial charge is 0.396 e. The molecule has 1 unspecified atom stereocenters. The fourth-order valence-corrected chi connectivity index (χ4v) is 4.25. The lowest BCUT2D eigenvalue weighted by molar-refractivity contribution is 0.169. The summed E-state index contributed by atoms with van der Waals surface area (Å²) in [5.74, 6) is 0.225.